The van der Waals surface area contributed by atoms with Crippen molar-refractivity contribution in [1.29, 1.82) is 0 Å². The molecule has 0 aliphatic rings. The molecule has 1 aromatic carbocycles. The Morgan fingerprint density at radius 3 is 1.72 bits per heavy atom. The van der Waals surface area contributed by atoms with E-state index in [1.807, 2.05) is 30.3 Å². The van der Waals surface area contributed by atoms with Crippen LogP contribution in [0.1, 0.15) is 147 Å². The van der Waals surface area contributed by atoms with E-state index in [0.29, 0.717) is 51.7 Å². The van der Waals surface area contributed by atoms with Crippen LogP contribution in [0.25, 0.3) is 0 Å². The minimum absolute atomic E-state index is 0.0460. The van der Waals surface area contributed by atoms with Gasteiger partial charge in [-0.25, -0.2) is 13.1 Å². The average molecular weight is 723 g/mol. The van der Waals surface area contributed by atoms with Crippen LogP contribution < -0.4 is 20.7 Å². The fourth-order valence-corrected chi connectivity index (χ4v) is 6.00. The van der Waals surface area contributed by atoms with Gasteiger partial charge in [-0.3, -0.25) is 19.2 Å². The topological polar surface area (TPSA) is 160 Å². The van der Waals surface area contributed by atoms with E-state index < -0.39 is 22.0 Å². The van der Waals surface area contributed by atoms with Crippen LogP contribution >= 0.6 is 0 Å². The number of ether oxygens (including phenoxy) is 1. The molecule has 0 fully saturated rings. The highest BCUT2D eigenvalue weighted by Gasteiger charge is 2.24. The number of hydrogen-bond donors (Lipinski definition) is 4. The van der Waals surface area contributed by atoms with Gasteiger partial charge in [-0.1, -0.05) is 121 Å². The zero-order chi connectivity index (χ0) is 36.7. The predicted octanol–water partition coefficient (Wildman–Crippen LogP) is 6.21. The van der Waals surface area contributed by atoms with Crippen LogP contribution in [0.5, 0.6) is 0 Å². The van der Waals surface area contributed by atoms with E-state index in [0.717, 1.165) is 43.9 Å². The number of carbonyl (C=O) groups excluding carboxylic acids is 4. The van der Waals surface area contributed by atoms with Gasteiger partial charge in [0.2, 0.25) is 27.7 Å². The van der Waals surface area contributed by atoms with E-state index in [2.05, 4.69) is 27.6 Å². The molecule has 0 aliphatic carbocycles. The van der Waals surface area contributed by atoms with Gasteiger partial charge in [-0.15, -0.1) is 0 Å². The quantitative estimate of drug-likeness (QED) is 0.0508. The summed E-state index contributed by atoms with van der Waals surface area (Å²) in [6, 6.07) is 8.29. The SMILES string of the molecule is CCCCCCCCCCCCCCNC(=O)[C@H](CC(=O)OCc1ccccc1)NC(=O)CCCCCNC(=O)CCCCCNS(C)(=O)=O. The summed E-state index contributed by atoms with van der Waals surface area (Å²) in [5.74, 6) is -1.29. The van der Waals surface area contributed by atoms with E-state index in [1.54, 1.807) is 0 Å². The summed E-state index contributed by atoms with van der Waals surface area (Å²) in [6.07, 6.45) is 20.3. The molecule has 0 radical (unpaired) electrons. The van der Waals surface area contributed by atoms with E-state index in [-0.39, 0.29) is 37.2 Å². The number of benzene rings is 1. The Morgan fingerprint density at radius 2 is 1.14 bits per heavy atom. The van der Waals surface area contributed by atoms with Crippen molar-refractivity contribution in [2.75, 3.05) is 25.9 Å². The van der Waals surface area contributed by atoms with Gasteiger partial charge in [0.05, 0.1) is 12.7 Å². The summed E-state index contributed by atoms with van der Waals surface area (Å²) in [6.45, 7) is 3.71. The Kier molecular flexibility index (Phi) is 26.8. The number of sulfonamides is 1. The number of hydrogen-bond acceptors (Lipinski definition) is 7. The monoisotopic (exact) mass is 722 g/mol. The summed E-state index contributed by atoms with van der Waals surface area (Å²) < 4.78 is 29.9. The highest BCUT2D eigenvalue weighted by Crippen LogP contribution is 2.12. The second kappa shape index (κ2) is 29.7. The predicted molar refractivity (Wildman–Crippen MR) is 200 cm³/mol. The molecule has 0 aromatic heterocycles. The van der Waals surface area contributed by atoms with E-state index in [4.69, 9.17) is 4.74 Å². The Morgan fingerprint density at radius 1 is 0.640 bits per heavy atom. The first-order valence-corrected chi connectivity index (χ1v) is 21.0. The molecule has 50 heavy (non-hydrogen) atoms. The van der Waals surface area contributed by atoms with Gasteiger partial charge in [0, 0.05) is 32.5 Å². The maximum Gasteiger partial charge on any atom is 0.308 e. The fourth-order valence-electron chi connectivity index (χ4n) is 5.49. The Bertz CT molecular complexity index is 1160. The lowest BCUT2D eigenvalue weighted by molar-refractivity contribution is -0.147. The van der Waals surface area contributed by atoms with Gasteiger partial charge in [-0.05, 0) is 37.7 Å². The minimum Gasteiger partial charge on any atom is -0.461 e. The van der Waals surface area contributed by atoms with Crippen molar-refractivity contribution < 1.29 is 32.3 Å². The van der Waals surface area contributed by atoms with Gasteiger partial charge >= 0.3 is 5.97 Å². The Balaban J connectivity index is 2.32. The molecular weight excluding hydrogens is 657 g/mol. The van der Waals surface area contributed by atoms with Gasteiger partial charge < -0.3 is 20.7 Å². The molecule has 0 spiro atoms. The Labute approximate surface area is 302 Å². The molecule has 1 atom stereocenters. The normalized spacial score (nSPS) is 11.9. The molecule has 3 amide bonds. The lowest BCUT2D eigenvalue weighted by atomic mass is 10.1. The molecule has 0 unspecified atom stereocenters. The maximum atomic E-state index is 13.0. The molecule has 12 heteroatoms. The molecule has 0 bridgehead atoms. The van der Waals surface area contributed by atoms with Crippen LogP contribution in [-0.4, -0.2) is 64.0 Å². The zero-order valence-corrected chi connectivity index (χ0v) is 31.7. The van der Waals surface area contributed by atoms with Crippen molar-refractivity contribution >= 4 is 33.7 Å². The van der Waals surface area contributed by atoms with Crippen LogP contribution in [0.2, 0.25) is 0 Å². The number of rotatable bonds is 32. The summed E-state index contributed by atoms with van der Waals surface area (Å²) in [5, 5.41) is 8.51. The van der Waals surface area contributed by atoms with Crippen molar-refractivity contribution in [3.8, 4) is 0 Å². The second-order valence-electron chi connectivity index (χ2n) is 13.3. The Hall–Kier alpha value is -2.99. The van der Waals surface area contributed by atoms with E-state index >= 15 is 0 Å². The van der Waals surface area contributed by atoms with Gasteiger partial charge in [0.25, 0.3) is 0 Å². The first kappa shape index (κ1) is 45.0. The van der Waals surface area contributed by atoms with Crippen molar-refractivity contribution in [3.05, 3.63) is 35.9 Å². The number of esters is 1. The average Bonchev–Trinajstić information content (AvgIpc) is 3.08. The molecule has 4 N–H and O–H groups in total. The van der Waals surface area contributed by atoms with Crippen LogP contribution in [0, 0.1) is 0 Å². The summed E-state index contributed by atoms with van der Waals surface area (Å²) >= 11 is 0. The van der Waals surface area contributed by atoms with Gasteiger partial charge in [-0.2, -0.15) is 0 Å². The lowest BCUT2D eigenvalue weighted by Gasteiger charge is -2.18. The zero-order valence-electron chi connectivity index (χ0n) is 30.9. The molecular formula is C38H66N4O7S. The number of amides is 3. The first-order valence-electron chi connectivity index (χ1n) is 19.1. The van der Waals surface area contributed by atoms with Crippen molar-refractivity contribution in [3.63, 3.8) is 0 Å². The highest BCUT2D eigenvalue weighted by atomic mass is 32.2. The van der Waals surface area contributed by atoms with Crippen LogP contribution in [0.3, 0.4) is 0 Å². The molecule has 1 aromatic rings. The summed E-state index contributed by atoms with van der Waals surface area (Å²) in [5.41, 5.74) is 0.841. The summed E-state index contributed by atoms with van der Waals surface area (Å²) in [4.78, 5) is 50.4. The summed E-state index contributed by atoms with van der Waals surface area (Å²) in [7, 11) is -3.18. The van der Waals surface area contributed by atoms with Crippen LogP contribution in [0.15, 0.2) is 30.3 Å². The maximum absolute atomic E-state index is 13.0. The molecule has 0 saturated carbocycles. The second-order valence-corrected chi connectivity index (χ2v) is 15.1. The molecule has 0 heterocycles. The largest absolute Gasteiger partial charge is 0.461 e. The first-order chi connectivity index (χ1) is 24.1. The van der Waals surface area contributed by atoms with E-state index in [1.165, 1.54) is 57.8 Å². The van der Waals surface area contributed by atoms with Crippen molar-refractivity contribution in [2.45, 2.75) is 154 Å². The minimum atomic E-state index is -3.18. The van der Waals surface area contributed by atoms with Crippen molar-refractivity contribution in [2.24, 2.45) is 0 Å². The van der Waals surface area contributed by atoms with Crippen LogP contribution in [0.4, 0.5) is 0 Å². The van der Waals surface area contributed by atoms with Crippen molar-refractivity contribution in [1.82, 2.24) is 20.7 Å². The third-order valence-corrected chi connectivity index (χ3v) is 9.17. The van der Waals surface area contributed by atoms with E-state index in [9.17, 15) is 27.6 Å². The third kappa shape index (κ3) is 27.8. The smallest absolute Gasteiger partial charge is 0.308 e. The highest BCUT2D eigenvalue weighted by molar-refractivity contribution is 7.88. The number of nitrogens with one attached hydrogen (secondary N) is 4. The lowest BCUT2D eigenvalue weighted by Crippen LogP contribution is -2.48. The molecule has 286 valence electrons. The van der Waals surface area contributed by atoms with Gasteiger partial charge in [0.1, 0.15) is 12.6 Å². The van der Waals surface area contributed by atoms with Gasteiger partial charge in [0.15, 0.2) is 0 Å². The molecule has 11 nitrogen and oxygen atoms in total. The van der Waals surface area contributed by atoms with Crippen LogP contribution in [-0.2, 0) is 40.5 Å². The number of carbonyl (C=O) groups is 4. The third-order valence-electron chi connectivity index (χ3n) is 8.44. The molecule has 0 aliphatic heterocycles. The molecule has 1 rings (SSSR count). The number of unbranched alkanes of at least 4 members (excludes halogenated alkanes) is 15. The standard InChI is InChI=1S/C38H66N4O7S/c1-3-4-5-6-7-8-9-10-11-12-13-21-29-40-38(46)34(31-37(45)49-32-33-24-17-14-18-25-33)42-36(44)27-20-15-22-28-39-35(43)26-19-16-23-30-41-50(2,47)48/h14,17-18,24-25,34,41H,3-13,15-16,19-23,26-32H2,1-2H3,(H,39,43)(H,40,46)(H,42,44)/t34-/m0/s1. The molecule has 0 saturated heterocycles. The fraction of sp³-hybridized carbons (Fsp3) is 0.737.